The predicted molar refractivity (Wildman–Crippen MR) is 92.9 cm³/mol. The molecule has 0 spiro atoms. The quantitative estimate of drug-likeness (QED) is 0.931. The molecule has 0 aromatic heterocycles. The van der Waals surface area contributed by atoms with Crippen molar-refractivity contribution in [3.63, 3.8) is 0 Å². The number of nitrogens with one attached hydrogen (secondary N) is 1. The van der Waals surface area contributed by atoms with Crippen molar-refractivity contribution in [2.24, 2.45) is 5.92 Å². The summed E-state index contributed by atoms with van der Waals surface area (Å²) in [6.45, 7) is 6.33. The van der Waals surface area contributed by atoms with Crippen LogP contribution in [0.3, 0.4) is 0 Å². The van der Waals surface area contributed by atoms with Crippen LogP contribution in [0.4, 0.5) is 0 Å². The standard InChI is InChI=1S/C20H23NO3/c1-13(2)11-22-16-5-3-14(4-6-16)20-17-10-19-18(23-12-24-19)9-15(17)7-8-21-20/h3-6,9-10,13,20-21H,7-8,11-12H2,1-2H3. The minimum Gasteiger partial charge on any atom is -0.493 e. The van der Waals surface area contributed by atoms with Crippen molar-refractivity contribution in [3.8, 4) is 17.2 Å². The van der Waals surface area contributed by atoms with Gasteiger partial charge in [-0.1, -0.05) is 26.0 Å². The number of fused-ring (bicyclic) bond motifs is 2. The van der Waals surface area contributed by atoms with E-state index in [4.69, 9.17) is 14.2 Å². The second kappa shape index (κ2) is 6.36. The second-order valence-corrected chi connectivity index (χ2v) is 6.82. The second-order valence-electron chi connectivity index (χ2n) is 6.82. The molecule has 2 aliphatic rings. The fraction of sp³-hybridized carbons (Fsp3) is 0.400. The van der Waals surface area contributed by atoms with E-state index in [9.17, 15) is 0 Å². The maximum atomic E-state index is 5.78. The van der Waals surface area contributed by atoms with Crippen LogP contribution in [0.2, 0.25) is 0 Å². The van der Waals surface area contributed by atoms with E-state index in [-0.39, 0.29) is 6.04 Å². The van der Waals surface area contributed by atoms with Crippen molar-refractivity contribution in [1.29, 1.82) is 0 Å². The van der Waals surface area contributed by atoms with Gasteiger partial charge >= 0.3 is 0 Å². The highest BCUT2D eigenvalue weighted by Crippen LogP contribution is 2.40. The number of ether oxygens (including phenoxy) is 3. The molecule has 0 fully saturated rings. The lowest BCUT2D eigenvalue weighted by Gasteiger charge is -2.28. The average molecular weight is 325 g/mol. The Morgan fingerprint density at radius 2 is 1.88 bits per heavy atom. The minimum atomic E-state index is 0.183. The Labute approximate surface area is 142 Å². The van der Waals surface area contributed by atoms with E-state index in [1.54, 1.807) is 0 Å². The molecule has 1 N–H and O–H groups in total. The number of hydrogen-bond donors (Lipinski definition) is 1. The van der Waals surface area contributed by atoms with Gasteiger partial charge < -0.3 is 19.5 Å². The molecule has 1 atom stereocenters. The number of benzene rings is 2. The van der Waals surface area contributed by atoms with Crippen molar-refractivity contribution < 1.29 is 14.2 Å². The van der Waals surface area contributed by atoms with Crippen LogP contribution in [0, 0.1) is 5.92 Å². The van der Waals surface area contributed by atoms with Gasteiger partial charge in [0.15, 0.2) is 11.5 Å². The predicted octanol–water partition coefficient (Wildman–Crippen LogP) is 3.69. The van der Waals surface area contributed by atoms with E-state index < -0.39 is 0 Å². The van der Waals surface area contributed by atoms with Crippen molar-refractivity contribution in [2.75, 3.05) is 19.9 Å². The molecule has 0 radical (unpaired) electrons. The van der Waals surface area contributed by atoms with Crippen LogP contribution >= 0.6 is 0 Å². The zero-order chi connectivity index (χ0) is 16.5. The Hall–Kier alpha value is -2.20. The van der Waals surface area contributed by atoms with E-state index in [2.05, 4.69) is 55.6 Å². The van der Waals surface area contributed by atoms with Crippen LogP contribution in [0.1, 0.15) is 36.6 Å². The molecule has 2 aromatic rings. The summed E-state index contributed by atoms with van der Waals surface area (Å²) in [5, 5.41) is 3.62. The topological polar surface area (TPSA) is 39.7 Å². The first-order valence-corrected chi connectivity index (χ1v) is 8.59. The van der Waals surface area contributed by atoms with Crippen LogP contribution in [0.5, 0.6) is 17.2 Å². The molecule has 0 aliphatic carbocycles. The largest absolute Gasteiger partial charge is 0.493 e. The third-order valence-corrected chi connectivity index (χ3v) is 4.48. The molecule has 2 aliphatic heterocycles. The maximum absolute atomic E-state index is 5.78. The number of hydrogen-bond acceptors (Lipinski definition) is 4. The monoisotopic (exact) mass is 325 g/mol. The average Bonchev–Trinajstić information content (AvgIpc) is 3.05. The van der Waals surface area contributed by atoms with Gasteiger partial charge in [0, 0.05) is 6.54 Å². The highest BCUT2D eigenvalue weighted by atomic mass is 16.7. The Kier molecular flexibility index (Phi) is 4.07. The van der Waals surface area contributed by atoms with E-state index in [0.717, 1.165) is 36.8 Å². The summed E-state index contributed by atoms with van der Waals surface area (Å²) >= 11 is 0. The minimum absolute atomic E-state index is 0.183. The summed E-state index contributed by atoms with van der Waals surface area (Å²) in [5.74, 6) is 3.17. The van der Waals surface area contributed by atoms with Gasteiger partial charge in [-0.2, -0.15) is 0 Å². The highest BCUT2D eigenvalue weighted by Gasteiger charge is 2.25. The van der Waals surface area contributed by atoms with Crippen LogP contribution in [0.25, 0.3) is 0 Å². The van der Waals surface area contributed by atoms with Gasteiger partial charge in [0.2, 0.25) is 6.79 Å². The first-order chi connectivity index (χ1) is 11.7. The van der Waals surface area contributed by atoms with Crippen molar-refractivity contribution in [3.05, 3.63) is 53.1 Å². The molecule has 1 unspecified atom stereocenters. The molecule has 0 bridgehead atoms. The summed E-state index contributed by atoms with van der Waals surface area (Å²) in [6, 6.07) is 12.8. The van der Waals surface area contributed by atoms with Gasteiger partial charge in [-0.15, -0.1) is 0 Å². The van der Waals surface area contributed by atoms with Crippen LogP contribution < -0.4 is 19.5 Å². The first kappa shape index (κ1) is 15.3. The SMILES string of the molecule is CC(C)COc1ccc(C2NCCc3cc4c(cc32)OCO4)cc1. The molecular weight excluding hydrogens is 302 g/mol. The summed E-state index contributed by atoms with van der Waals surface area (Å²) < 4.78 is 16.8. The van der Waals surface area contributed by atoms with E-state index in [1.165, 1.54) is 16.7 Å². The smallest absolute Gasteiger partial charge is 0.231 e. The van der Waals surface area contributed by atoms with Gasteiger partial charge in [0.25, 0.3) is 0 Å². The lowest BCUT2D eigenvalue weighted by Crippen LogP contribution is -2.30. The zero-order valence-corrected chi connectivity index (χ0v) is 14.2. The van der Waals surface area contributed by atoms with Crippen LogP contribution in [0.15, 0.2) is 36.4 Å². The van der Waals surface area contributed by atoms with Crippen LogP contribution in [-0.4, -0.2) is 19.9 Å². The van der Waals surface area contributed by atoms with Gasteiger partial charge in [-0.05, 0) is 53.3 Å². The third-order valence-electron chi connectivity index (χ3n) is 4.48. The molecule has 2 heterocycles. The third kappa shape index (κ3) is 2.94. The van der Waals surface area contributed by atoms with Gasteiger partial charge in [0.05, 0.1) is 12.6 Å². The lowest BCUT2D eigenvalue weighted by molar-refractivity contribution is 0.174. The first-order valence-electron chi connectivity index (χ1n) is 8.59. The lowest BCUT2D eigenvalue weighted by atomic mass is 9.89. The van der Waals surface area contributed by atoms with Crippen molar-refractivity contribution >= 4 is 0 Å². The van der Waals surface area contributed by atoms with Crippen molar-refractivity contribution in [2.45, 2.75) is 26.3 Å². The van der Waals surface area contributed by atoms with Crippen molar-refractivity contribution in [1.82, 2.24) is 5.32 Å². The molecular formula is C20H23NO3. The maximum Gasteiger partial charge on any atom is 0.231 e. The molecule has 2 aromatic carbocycles. The highest BCUT2D eigenvalue weighted by molar-refractivity contribution is 5.52. The molecule has 24 heavy (non-hydrogen) atoms. The molecule has 0 saturated carbocycles. The molecule has 4 rings (SSSR count). The molecule has 0 saturated heterocycles. The van der Waals surface area contributed by atoms with Gasteiger partial charge in [-0.25, -0.2) is 0 Å². The van der Waals surface area contributed by atoms with E-state index in [0.29, 0.717) is 12.7 Å². The van der Waals surface area contributed by atoms with E-state index >= 15 is 0 Å². The Morgan fingerprint density at radius 3 is 2.62 bits per heavy atom. The Balaban J connectivity index is 1.59. The molecule has 126 valence electrons. The van der Waals surface area contributed by atoms with Gasteiger partial charge in [0.1, 0.15) is 5.75 Å². The number of rotatable bonds is 4. The summed E-state index contributed by atoms with van der Waals surface area (Å²) in [7, 11) is 0. The van der Waals surface area contributed by atoms with Gasteiger partial charge in [-0.3, -0.25) is 0 Å². The fourth-order valence-corrected chi connectivity index (χ4v) is 3.26. The zero-order valence-electron chi connectivity index (χ0n) is 14.2. The fourth-order valence-electron chi connectivity index (χ4n) is 3.26. The summed E-state index contributed by atoms with van der Waals surface area (Å²) in [4.78, 5) is 0. The van der Waals surface area contributed by atoms with E-state index in [1.807, 2.05) is 0 Å². The normalized spacial score (nSPS) is 18.5. The summed E-state index contributed by atoms with van der Waals surface area (Å²) in [5.41, 5.74) is 3.86. The summed E-state index contributed by atoms with van der Waals surface area (Å²) in [6.07, 6.45) is 1.01. The molecule has 4 nitrogen and oxygen atoms in total. The Bertz CT molecular complexity index is 724. The Morgan fingerprint density at radius 1 is 1.12 bits per heavy atom. The van der Waals surface area contributed by atoms with Crippen LogP contribution in [-0.2, 0) is 6.42 Å². The molecule has 4 heteroatoms. The molecule has 0 amide bonds.